The molecule has 0 unspecified atom stereocenters. The molecule has 5 N–H and O–H groups in total. The molecule has 0 spiro atoms. The molecule has 0 aliphatic rings. The summed E-state index contributed by atoms with van der Waals surface area (Å²) in [6.07, 6.45) is 59.2. The van der Waals surface area contributed by atoms with Crippen molar-refractivity contribution < 1.29 is 34.8 Å². The second-order valence-corrected chi connectivity index (χ2v) is 17.3. The van der Waals surface area contributed by atoms with E-state index in [0.717, 1.165) is 89.9 Å². The molecule has 0 rings (SSSR count). The van der Waals surface area contributed by atoms with Crippen molar-refractivity contribution in [1.29, 1.82) is 0 Å². The Morgan fingerprint density at radius 3 is 0.952 bits per heavy atom. The van der Waals surface area contributed by atoms with Crippen LogP contribution in [0.5, 0.6) is 0 Å². The zero-order valence-electron chi connectivity index (χ0n) is 41.9. The van der Waals surface area contributed by atoms with Crippen LogP contribution in [0.25, 0.3) is 0 Å². The molecule has 8 nitrogen and oxygen atoms in total. The van der Waals surface area contributed by atoms with E-state index >= 15 is 0 Å². The van der Waals surface area contributed by atoms with Gasteiger partial charge in [0.05, 0.1) is 6.10 Å². The number of unbranched alkanes of at least 4 members (excludes halogenated alkanes) is 30. The van der Waals surface area contributed by atoms with Crippen LogP contribution < -0.4 is 16.4 Å². The number of hydrogen-bond donors (Lipinski definition) is 3. The van der Waals surface area contributed by atoms with E-state index in [9.17, 15) is 29.7 Å². The number of carboxylic acids is 3. The van der Waals surface area contributed by atoms with Gasteiger partial charge >= 0.3 is 43.7 Å². The zero-order chi connectivity index (χ0) is 45.5. The van der Waals surface area contributed by atoms with Gasteiger partial charge in [-0.05, 0) is 109 Å². The molecule has 0 aliphatic carbocycles. The maximum Gasteiger partial charge on any atom is 2.00 e. The predicted molar refractivity (Wildman–Crippen MR) is 268 cm³/mol. The van der Waals surface area contributed by atoms with Gasteiger partial charge in [-0.25, -0.2) is 0 Å². The zero-order valence-corrected chi connectivity index (χ0v) is 44.1. The van der Waals surface area contributed by atoms with Crippen LogP contribution in [0.4, 0.5) is 0 Å². The summed E-state index contributed by atoms with van der Waals surface area (Å²) in [6.45, 7) is 6.71. The van der Waals surface area contributed by atoms with Crippen LogP contribution in [0.1, 0.15) is 284 Å². The van der Waals surface area contributed by atoms with Gasteiger partial charge in [-0.3, -0.25) is 4.79 Å². The average molecular weight is 918 g/mol. The monoisotopic (exact) mass is 918 g/mol. The largest absolute Gasteiger partial charge is 2.00 e. The predicted octanol–water partition coefficient (Wildman–Crippen LogP) is 14.4. The van der Waals surface area contributed by atoms with E-state index in [1.807, 2.05) is 0 Å². The molecule has 0 aromatic heterocycles. The van der Waals surface area contributed by atoms with Crippen molar-refractivity contribution >= 4 is 55.6 Å². The van der Waals surface area contributed by atoms with Gasteiger partial charge in [-0.15, -0.1) is 0 Å². The maximum absolute atomic E-state index is 10.3. The van der Waals surface area contributed by atoms with E-state index < -0.39 is 17.9 Å². The molecule has 0 radical (unpaired) electrons. The van der Waals surface area contributed by atoms with E-state index in [-0.39, 0.29) is 62.8 Å². The van der Waals surface area contributed by atoms with Gasteiger partial charge in [0.25, 0.3) is 0 Å². The number of carbonyl (C=O) groups excluding carboxylic acids is 2. The summed E-state index contributed by atoms with van der Waals surface area (Å²) in [5.74, 6) is -2.52. The number of aliphatic carboxylic acids is 3. The number of allylic oxidation sites excluding steroid dienone is 5. The molecule has 9 heteroatoms. The standard InChI is InChI=1S/C18H34O3.2C18H34O2.Ca.H3N/c1-2-3-4-11-14-17(19)15-12-9-7-5-6-8-10-13-16-18(20)21;2*1-2-3-4-5-6-7-8-9-10-11-12-13-14-15-16-17-18(19)20;;/h9,12,17,19H,2-8,10-11,13-16H2,1H3,(H,20,21);2*9-10H,2-8,11-17H2,1H3,(H,19,20);;1H3/q;;;+2;/p-2/b12-9-;2*10-9-;;/t17-;;;;/m1..../s1. The molecule has 0 bridgehead atoms. The van der Waals surface area contributed by atoms with Crippen molar-refractivity contribution in [3.63, 3.8) is 0 Å². The van der Waals surface area contributed by atoms with Gasteiger partial charge in [-0.1, -0.05) is 205 Å². The summed E-state index contributed by atoms with van der Waals surface area (Å²) < 4.78 is 0. The van der Waals surface area contributed by atoms with Gasteiger partial charge < -0.3 is 36.2 Å². The van der Waals surface area contributed by atoms with Crippen molar-refractivity contribution in [2.75, 3.05) is 0 Å². The minimum absolute atomic E-state index is 0. The van der Waals surface area contributed by atoms with Crippen LogP contribution in [0.2, 0.25) is 0 Å². The SMILES string of the molecule is CCCCCCCC/C=C\CCCCCCCC(=O)O.CCCCCCCC/C=C\CCCCCCCC(=O)[O-].CCCCCC[C@@H](O)C/C=C\CCCCCCCC(=O)[O-].N.[Ca+2]. The molecule has 1 atom stereocenters. The molecule has 0 amide bonds. The Kier molecular flexibility index (Phi) is 73.2. The second kappa shape index (κ2) is 65.1. The third-order valence-corrected chi connectivity index (χ3v) is 11.0. The molecule has 0 aromatic rings. The van der Waals surface area contributed by atoms with Crippen molar-refractivity contribution in [3.8, 4) is 0 Å². The van der Waals surface area contributed by atoms with Crippen LogP contribution in [-0.4, -0.2) is 72.0 Å². The van der Waals surface area contributed by atoms with Crippen LogP contribution in [0.3, 0.4) is 0 Å². The molecular weight excluding hydrogens is 815 g/mol. The molecule has 0 aliphatic heterocycles. The molecular formula is C54H103CaNO7. The molecule has 0 saturated carbocycles. The van der Waals surface area contributed by atoms with Gasteiger partial charge in [0.15, 0.2) is 0 Å². The summed E-state index contributed by atoms with van der Waals surface area (Å²) in [5, 5.41) is 38.7. The Labute approximate surface area is 420 Å². The molecule has 0 aromatic carbocycles. The van der Waals surface area contributed by atoms with E-state index in [1.54, 1.807) is 0 Å². The fourth-order valence-corrected chi connectivity index (χ4v) is 7.04. The summed E-state index contributed by atoms with van der Waals surface area (Å²) in [5.41, 5.74) is 0. The molecule has 0 fully saturated rings. The number of carboxylic acid groups (broad SMARTS) is 3. The van der Waals surface area contributed by atoms with Crippen LogP contribution in [-0.2, 0) is 14.4 Å². The summed E-state index contributed by atoms with van der Waals surface area (Å²) in [7, 11) is 0. The summed E-state index contributed by atoms with van der Waals surface area (Å²) >= 11 is 0. The Bertz CT molecular complexity index is 937. The van der Waals surface area contributed by atoms with Crippen LogP contribution in [0, 0.1) is 0 Å². The Morgan fingerprint density at radius 1 is 0.397 bits per heavy atom. The van der Waals surface area contributed by atoms with Gasteiger partial charge in [-0.2, -0.15) is 0 Å². The number of aliphatic hydroxyl groups excluding tert-OH is 1. The molecule has 0 saturated heterocycles. The first-order valence-corrected chi connectivity index (χ1v) is 26.0. The first-order chi connectivity index (χ1) is 29.7. The van der Waals surface area contributed by atoms with E-state index in [0.29, 0.717) is 6.42 Å². The summed E-state index contributed by atoms with van der Waals surface area (Å²) in [6, 6.07) is 0. The second-order valence-electron chi connectivity index (χ2n) is 17.3. The third-order valence-electron chi connectivity index (χ3n) is 11.0. The number of carbonyl (C=O) groups is 3. The van der Waals surface area contributed by atoms with E-state index in [4.69, 9.17) is 5.11 Å². The minimum Gasteiger partial charge on any atom is -0.550 e. The van der Waals surface area contributed by atoms with E-state index in [1.165, 1.54) is 154 Å². The van der Waals surface area contributed by atoms with E-state index in [2.05, 4.69) is 57.2 Å². The van der Waals surface area contributed by atoms with Crippen molar-refractivity contribution in [2.45, 2.75) is 290 Å². The number of rotatable bonds is 45. The Morgan fingerprint density at radius 2 is 0.651 bits per heavy atom. The van der Waals surface area contributed by atoms with Crippen molar-refractivity contribution in [2.24, 2.45) is 0 Å². The van der Waals surface area contributed by atoms with Gasteiger partial charge in [0.2, 0.25) is 0 Å². The average Bonchev–Trinajstić information content (AvgIpc) is 3.23. The van der Waals surface area contributed by atoms with Crippen molar-refractivity contribution in [1.82, 2.24) is 6.15 Å². The Hall–Kier alpha value is -1.19. The fraction of sp³-hybridized carbons (Fsp3) is 0.833. The molecule has 0 heterocycles. The fourth-order valence-electron chi connectivity index (χ4n) is 7.04. The van der Waals surface area contributed by atoms with Crippen LogP contribution in [0.15, 0.2) is 36.5 Å². The maximum atomic E-state index is 10.3. The number of hydrogen-bond acceptors (Lipinski definition) is 7. The molecule has 368 valence electrons. The number of aliphatic hydroxyl groups is 1. The third kappa shape index (κ3) is 78.4. The molecule has 63 heavy (non-hydrogen) atoms. The normalized spacial score (nSPS) is 11.4. The van der Waals surface area contributed by atoms with Gasteiger partial charge in [0.1, 0.15) is 0 Å². The van der Waals surface area contributed by atoms with Crippen LogP contribution >= 0.6 is 0 Å². The van der Waals surface area contributed by atoms with Crippen molar-refractivity contribution in [3.05, 3.63) is 36.5 Å². The Balaban J connectivity index is -0.000000263. The topological polar surface area (TPSA) is 173 Å². The quantitative estimate of drug-likeness (QED) is 0.0307. The first kappa shape index (κ1) is 70.8. The smallest absolute Gasteiger partial charge is 0.550 e. The minimum atomic E-state index is -0.939. The first-order valence-electron chi connectivity index (χ1n) is 26.0. The van der Waals surface area contributed by atoms with Gasteiger partial charge in [0, 0.05) is 18.4 Å². The summed E-state index contributed by atoms with van der Waals surface area (Å²) in [4.78, 5) is 30.8.